The quantitative estimate of drug-likeness (QED) is 0.844. The number of rotatable bonds is 3. The molecule has 1 aliphatic rings. The van der Waals surface area contributed by atoms with Gasteiger partial charge in [-0.1, -0.05) is 32.0 Å². The smallest absolute Gasteiger partial charge is 0.0396 e. The molecular formula is C14H22N2. The lowest BCUT2D eigenvalue weighted by atomic mass is 10.0. The fraction of sp³-hybridized carbons (Fsp3) is 0.571. The van der Waals surface area contributed by atoms with E-state index in [1.54, 1.807) is 0 Å². The van der Waals surface area contributed by atoms with E-state index in [4.69, 9.17) is 5.73 Å². The van der Waals surface area contributed by atoms with Crippen molar-refractivity contribution in [3.8, 4) is 0 Å². The molecule has 1 aliphatic carbocycles. The van der Waals surface area contributed by atoms with Crippen molar-refractivity contribution in [1.29, 1.82) is 0 Å². The molecular weight excluding hydrogens is 196 g/mol. The van der Waals surface area contributed by atoms with Crippen LogP contribution in [0.5, 0.6) is 0 Å². The SMILES string of the molecule is CN(C)c1ccccc1C1C(CN)C1(C)C. The van der Waals surface area contributed by atoms with Crippen LogP contribution in [0.1, 0.15) is 25.3 Å². The molecule has 2 atom stereocenters. The van der Waals surface area contributed by atoms with Gasteiger partial charge in [-0.05, 0) is 35.4 Å². The molecule has 0 bridgehead atoms. The molecule has 16 heavy (non-hydrogen) atoms. The molecule has 2 heteroatoms. The van der Waals surface area contributed by atoms with Crippen LogP contribution in [-0.2, 0) is 0 Å². The summed E-state index contributed by atoms with van der Waals surface area (Å²) in [6, 6.07) is 8.67. The van der Waals surface area contributed by atoms with Crippen LogP contribution in [-0.4, -0.2) is 20.6 Å². The van der Waals surface area contributed by atoms with Gasteiger partial charge in [-0.25, -0.2) is 0 Å². The number of benzene rings is 1. The van der Waals surface area contributed by atoms with Crippen LogP contribution in [0.2, 0.25) is 0 Å². The van der Waals surface area contributed by atoms with Crippen molar-refractivity contribution in [2.45, 2.75) is 19.8 Å². The molecule has 0 radical (unpaired) electrons. The predicted molar refractivity (Wildman–Crippen MR) is 69.8 cm³/mol. The van der Waals surface area contributed by atoms with Gasteiger partial charge < -0.3 is 10.6 Å². The summed E-state index contributed by atoms with van der Waals surface area (Å²) in [6.45, 7) is 5.43. The minimum Gasteiger partial charge on any atom is -0.377 e. The second-order valence-corrected chi connectivity index (χ2v) is 5.59. The molecule has 88 valence electrons. The molecule has 2 nitrogen and oxygen atoms in total. The first-order valence-electron chi connectivity index (χ1n) is 5.96. The monoisotopic (exact) mass is 218 g/mol. The minimum atomic E-state index is 0.362. The lowest BCUT2D eigenvalue weighted by molar-refractivity contribution is 0.558. The van der Waals surface area contributed by atoms with E-state index < -0.39 is 0 Å². The number of hydrogen-bond donors (Lipinski definition) is 1. The third kappa shape index (κ3) is 1.61. The third-order valence-electron chi connectivity index (χ3n) is 4.06. The molecule has 0 aromatic heterocycles. The van der Waals surface area contributed by atoms with Crippen LogP contribution < -0.4 is 10.6 Å². The average Bonchev–Trinajstić information content (AvgIpc) is 2.80. The highest BCUT2D eigenvalue weighted by Gasteiger charge is 2.57. The summed E-state index contributed by atoms with van der Waals surface area (Å²) in [6.07, 6.45) is 0. The largest absolute Gasteiger partial charge is 0.377 e. The molecule has 1 aromatic rings. The lowest BCUT2D eigenvalue weighted by Crippen LogP contribution is -2.11. The molecule has 0 saturated heterocycles. The van der Waals surface area contributed by atoms with E-state index >= 15 is 0 Å². The highest BCUT2D eigenvalue weighted by atomic mass is 15.1. The summed E-state index contributed by atoms with van der Waals surface area (Å²) >= 11 is 0. The number of hydrogen-bond acceptors (Lipinski definition) is 2. The van der Waals surface area contributed by atoms with Crippen LogP contribution in [0, 0.1) is 11.3 Å². The number of nitrogens with two attached hydrogens (primary N) is 1. The molecule has 2 unspecified atom stereocenters. The fourth-order valence-corrected chi connectivity index (χ4v) is 2.96. The van der Waals surface area contributed by atoms with Crippen LogP contribution in [0.15, 0.2) is 24.3 Å². The zero-order valence-corrected chi connectivity index (χ0v) is 10.7. The molecule has 0 aliphatic heterocycles. The van der Waals surface area contributed by atoms with Gasteiger partial charge in [-0.15, -0.1) is 0 Å². The third-order valence-corrected chi connectivity index (χ3v) is 4.06. The Hall–Kier alpha value is -1.02. The van der Waals surface area contributed by atoms with Gasteiger partial charge in [0, 0.05) is 19.8 Å². The summed E-state index contributed by atoms with van der Waals surface area (Å²) in [5.41, 5.74) is 8.99. The number of nitrogens with zero attached hydrogens (tertiary/aromatic N) is 1. The second-order valence-electron chi connectivity index (χ2n) is 5.59. The second kappa shape index (κ2) is 3.77. The molecule has 1 aromatic carbocycles. The van der Waals surface area contributed by atoms with E-state index in [1.165, 1.54) is 11.3 Å². The van der Waals surface area contributed by atoms with E-state index in [9.17, 15) is 0 Å². The van der Waals surface area contributed by atoms with Gasteiger partial charge in [-0.3, -0.25) is 0 Å². The Bertz CT molecular complexity index is 382. The molecule has 2 rings (SSSR count). The first kappa shape index (κ1) is 11.5. The highest BCUT2D eigenvalue weighted by Crippen LogP contribution is 2.65. The van der Waals surface area contributed by atoms with Gasteiger partial charge in [0.05, 0.1) is 0 Å². The highest BCUT2D eigenvalue weighted by molar-refractivity contribution is 5.57. The van der Waals surface area contributed by atoms with Crippen molar-refractivity contribution in [2.24, 2.45) is 17.1 Å². The number of para-hydroxylation sites is 1. The Morgan fingerprint density at radius 2 is 1.88 bits per heavy atom. The zero-order valence-electron chi connectivity index (χ0n) is 10.7. The van der Waals surface area contributed by atoms with Crippen LogP contribution >= 0.6 is 0 Å². The summed E-state index contributed by atoms with van der Waals surface area (Å²) in [5, 5.41) is 0. The van der Waals surface area contributed by atoms with Crippen molar-refractivity contribution in [2.75, 3.05) is 25.5 Å². The van der Waals surface area contributed by atoms with Crippen molar-refractivity contribution in [3.63, 3.8) is 0 Å². The maximum atomic E-state index is 5.85. The Morgan fingerprint density at radius 1 is 1.25 bits per heavy atom. The van der Waals surface area contributed by atoms with Gasteiger partial charge >= 0.3 is 0 Å². The summed E-state index contributed by atoms with van der Waals surface area (Å²) in [5.74, 6) is 1.25. The molecule has 0 amide bonds. The molecule has 2 N–H and O–H groups in total. The van der Waals surface area contributed by atoms with Gasteiger partial charge in [0.15, 0.2) is 0 Å². The molecule has 0 spiro atoms. The van der Waals surface area contributed by atoms with E-state index in [0.717, 1.165) is 6.54 Å². The fourth-order valence-electron chi connectivity index (χ4n) is 2.96. The average molecular weight is 218 g/mol. The van der Waals surface area contributed by atoms with Crippen molar-refractivity contribution in [1.82, 2.24) is 0 Å². The van der Waals surface area contributed by atoms with E-state index in [0.29, 0.717) is 17.3 Å². The molecule has 1 saturated carbocycles. The zero-order chi connectivity index (χ0) is 11.9. The van der Waals surface area contributed by atoms with Gasteiger partial charge in [0.25, 0.3) is 0 Å². The first-order chi connectivity index (χ1) is 7.50. The summed E-state index contributed by atoms with van der Waals surface area (Å²) in [7, 11) is 4.21. The predicted octanol–water partition coefficient (Wildman–Crippen LogP) is 2.45. The Labute approximate surface area is 98.4 Å². The van der Waals surface area contributed by atoms with Crippen LogP contribution in [0.25, 0.3) is 0 Å². The topological polar surface area (TPSA) is 29.3 Å². The van der Waals surface area contributed by atoms with E-state index in [1.807, 2.05) is 0 Å². The van der Waals surface area contributed by atoms with Crippen LogP contribution in [0.3, 0.4) is 0 Å². The summed E-state index contributed by atoms with van der Waals surface area (Å²) < 4.78 is 0. The first-order valence-corrected chi connectivity index (χ1v) is 5.96. The Morgan fingerprint density at radius 3 is 2.38 bits per heavy atom. The van der Waals surface area contributed by atoms with Crippen molar-refractivity contribution < 1.29 is 0 Å². The maximum Gasteiger partial charge on any atom is 0.0396 e. The molecule has 1 fully saturated rings. The van der Waals surface area contributed by atoms with E-state index in [-0.39, 0.29) is 0 Å². The molecule has 0 heterocycles. The minimum absolute atomic E-state index is 0.362. The maximum absolute atomic E-state index is 5.85. The van der Waals surface area contributed by atoms with Gasteiger partial charge in [-0.2, -0.15) is 0 Å². The Balaban J connectivity index is 2.36. The van der Waals surface area contributed by atoms with Gasteiger partial charge in [0.1, 0.15) is 0 Å². The van der Waals surface area contributed by atoms with Crippen LogP contribution in [0.4, 0.5) is 5.69 Å². The van der Waals surface area contributed by atoms with Crippen molar-refractivity contribution in [3.05, 3.63) is 29.8 Å². The van der Waals surface area contributed by atoms with E-state index in [2.05, 4.69) is 57.1 Å². The lowest BCUT2D eigenvalue weighted by Gasteiger charge is -2.18. The van der Waals surface area contributed by atoms with Gasteiger partial charge in [0.2, 0.25) is 0 Å². The Kier molecular flexibility index (Phi) is 2.70. The number of anilines is 1. The standard InChI is InChI=1S/C14H22N2/c1-14(2)11(9-15)13(14)10-7-5-6-8-12(10)16(3)4/h5-8,11,13H,9,15H2,1-4H3. The van der Waals surface area contributed by atoms with Crippen molar-refractivity contribution >= 4 is 5.69 Å². The normalized spacial score (nSPS) is 26.6. The summed E-state index contributed by atoms with van der Waals surface area (Å²) in [4.78, 5) is 2.19.